The van der Waals surface area contributed by atoms with Gasteiger partial charge in [0.1, 0.15) is 5.02 Å². The number of nitrogens with one attached hydrogen (secondary N) is 1. The molecule has 4 saturated carbocycles. The average Bonchev–Trinajstić information content (AvgIpc) is 2.60. The number of ether oxygens (including phenoxy) is 1. The summed E-state index contributed by atoms with van der Waals surface area (Å²) in [5.41, 5.74) is -0.543. The zero-order chi connectivity index (χ0) is 20.1. The molecule has 0 aromatic heterocycles. The molecule has 0 radical (unpaired) electrons. The summed E-state index contributed by atoms with van der Waals surface area (Å²) in [6.45, 7) is 1.53. The van der Waals surface area contributed by atoms with Crippen LogP contribution >= 0.6 is 11.6 Å². The molecule has 150 valence electrons. The van der Waals surface area contributed by atoms with Crippen LogP contribution in [0.25, 0.3) is 0 Å². The third kappa shape index (κ3) is 3.60. The molecule has 0 heterocycles. The number of nitro groups is 1. The lowest BCUT2D eigenvalue weighted by molar-refractivity contribution is -0.384. The summed E-state index contributed by atoms with van der Waals surface area (Å²) in [7, 11) is 0. The van der Waals surface area contributed by atoms with E-state index in [1.165, 1.54) is 38.3 Å². The third-order valence-corrected chi connectivity index (χ3v) is 6.78. The number of nitro benzene ring substituents is 1. The SMILES string of the molecule is C[C@@H](OC(=O)c1ccc(Cl)c([N+](=O)[O-])c1)C(=O)NC12CC3CC(CC(C3)C1)C2. The normalized spacial score (nSPS) is 31.3. The van der Waals surface area contributed by atoms with Crippen LogP contribution in [-0.4, -0.2) is 28.4 Å². The van der Waals surface area contributed by atoms with Gasteiger partial charge in [-0.15, -0.1) is 0 Å². The van der Waals surface area contributed by atoms with Crippen LogP contribution in [0.4, 0.5) is 5.69 Å². The van der Waals surface area contributed by atoms with Crippen molar-refractivity contribution in [3.05, 3.63) is 38.9 Å². The highest BCUT2D eigenvalue weighted by Crippen LogP contribution is 2.55. The monoisotopic (exact) mass is 406 g/mol. The second kappa shape index (κ2) is 7.03. The van der Waals surface area contributed by atoms with E-state index in [1.807, 2.05) is 0 Å². The molecule has 1 amide bonds. The van der Waals surface area contributed by atoms with E-state index < -0.39 is 17.0 Å². The van der Waals surface area contributed by atoms with Crippen molar-refractivity contribution in [3.63, 3.8) is 0 Å². The van der Waals surface area contributed by atoms with E-state index >= 15 is 0 Å². The Hall–Kier alpha value is -2.15. The van der Waals surface area contributed by atoms with Crippen LogP contribution in [0.5, 0.6) is 0 Å². The molecule has 8 heteroatoms. The van der Waals surface area contributed by atoms with Gasteiger partial charge in [-0.05, 0) is 75.3 Å². The molecular formula is C20H23ClN2O5. The Kier molecular flexibility index (Phi) is 4.81. The topological polar surface area (TPSA) is 98.5 Å². The van der Waals surface area contributed by atoms with Crippen LogP contribution in [0.3, 0.4) is 0 Å². The smallest absolute Gasteiger partial charge is 0.339 e. The predicted molar refractivity (Wildman–Crippen MR) is 102 cm³/mol. The minimum atomic E-state index is -0.977. The summed E-state index contributed by atoms with van der Waals surface area (Å²) in [4.78, 5) is 35.4. The van der Waals surface area contributed by atoms with Crippen molar-refractivity contribution in [3.8, 4) is 0 Å². The minimum absolute atomic E-state index is 0.00875. The summed E-state index contributed by atoms with van der Waals surface area (Å²) in [6, 6.07) is 3.69. The molecule has 28 heavy (non-hydrogen) atoms. The van der Waals surface area contributed by atoms with Gasteiger partial charge in [-0.3, -0.25) is 14.9 Å². The van der Waals surface area contributed by atoms with Crippen LogP contribution in [0.15, 0.2) is 18.2 Å². The van der Waals surface area contributed by atoms with Crippen molar-refractivity contribution in [2.45, 2.75) is 57.1 Å². The Bertz CT molecular complexity index is 805. The van der Waals surface area contributed by atoms with Gasteiger partial charge in [-0.1, -0.05) is 11.6 Å². The summed E-state index contributed by atoms with van der Waals surface area (Å²) < 4.78 is 5.27. The molecule has 1 aromatic carbocycles. The number of benzene rings is 1. The number of rotatable bonds is 5. The highest BCUT2D eigenvalue weighted by molar-refractivity contribution is 6.32. The number of hydrogen-bond donors (Lipinski definition) is 1. The summed E-state index contributed by atoms with van der Waals surface area (Å²) >= 11 is 5.77. The highest BCUT2D eigenvalue weighted by Gasteiger charge is 2.51. The van der Waals surface area contributed by atoms with Gasteiger partial charge in [-0.2, -0.15) is 0 Å². The Morgan fingerprint density at radius 2 is 1.79 bits per heavy atom. The molecule has 1 N–H and O–H groups in total. The zero-order valence-electron chi connectivity index (χ0n) is 15.7. The molecule has 4 bridgehead atoms. The largest absolute Gasteiger partial charge is 0.449 e. The predicted octanol–water partition coefficient (Wildman–Crippen LogP) is 3.88. The van der Waals surface area contributed by atoms with E-state index in [2.05, 4.69) is 5.32 Å². The van der Waals surface area contributed by atoms with Crippen molar-refractivity contribution in [1.29, 1.82) is 0 Å². The summed E-state index contributed by atoms with van der Waals surface area (Å²) in [6.07, 6.45) is 5.87. The van der Waals surface area contributed by atoms with Gasteiger partial charge in [0, 0.05) is 11.6 Å². The summed E-state index contributed by atoms with van der Waals surface area (Å²) in [5, 5.41) is 14.1. The van der Waals surface area contributed by atoms with Gasteiger partial charge >= 0.3 is 5.97 Å². The first-order valence-electron chi connectivity index (χ1n) is 9.71. The molecule has 5 rings (SSSR count). The Morgan fingerprint density at radius 1 is 1.21 bits per heavy atom. The fraction of sp³-hybridized carbons (Fsp3) is 0.600. The maximum Gasteiger partial charge on any atom is 0.339 e. The molecule has 7 nitrogen and oxygen atoms in total. The first-order valence-corrected chi connectivity index (χ1v) is 10.1. The number of hydrogen-bond acceptors (Lipinski definition) is 5. The number of carbonyl (C=O) groups is 2. The molecular weight excluding hydrogens is 384 g/mol. The molecule has 0 unspecified atom stereocenters. The average molecular weight is 407 g/mol. The van der Waals surface area contributed by atoms with Crippen LogP contribution in [-0.2, 0) is 9.53 Å². The van der Waals surface area contributed by atoms with E-state index in [0.717, 1.165) is 25.3 Å². The Labute approximate surface area is 167 Å². The lowest BCUT2D eigenvalue weighted by Gasteiger charge is -2.57. The molecule has 1 atom stereocenters. The molecule has 0 saturated heterocycles. The van der Waals surface area contributed by atoms with Gasteiger partial charge < -0.3 is 10.1 Å². The second-order valence-electron chi connectivity index (χ2n) is 8.66. The fourth-order valence-electron chi connectivity index (χ4n) is 5.69. The second-order valence-corrected chi connectivity index (χ2v) is 9.07. The molecule has 0 aliphatic heterocycles. The van der Waals surface area contributed by atoms with Crippen LogP contribution in [0, 0.1) is 27.9 Å². The van der Waals surface area contributed by atoms with Crippen LogP contribution in [0.2, 0.25) is 5.02 Å². The third-order valence-electron chi connectivity index (χ3n) is 6.46. The molecule has 4 aliphatic carbocycles. The summed E-state index contributed by atoms with van der Waals surface area (Å²) in [5.74, 6) is 0.990. The molecule has 4 fully saturated rings. The zero-order valence-corrected chi connectivity index (χ0v) is 16.4. The van der Waals surface area contributed by atoms with Gasteiger partial charge in [-0.25, -0.2) is 4.79 Å². The lowest BCUT2D eigenvalue weighted by atomic mass is 9.53. The minimum Gasteiger partial charge on any atom is -0.449 e. The van der Waals surface area contributed by atoms with E-state index in [9.17, 15) is 19.7 Å². The Morgan fingerprint density at radius 3 is 2.32 bits per heavy atom. The van der Waals surface area contributed by atoms with Crippen LogP contribution < -0.4 is 5.32 Å². The molecule has 4 aliphatic rings. The van der Waals surface area contributed by atoms with Crippen LogP contribution in [0.1, 0.15) is 55.8 Å². The fourth-order valence-corrected chi connectivity index (χ4v) is 5.87. The molecule has 1 aromatic rings. The quantitative estimate of drug-likeness (QED) is 0.454. The van der Waals surface area contributed by atoms with Gasteiger partial charge in [0.15, 0.2) is 6.10 Å². The van der Waals surface area contributed by atoms with E-state index in [-0.39, 0.29) is 27.7 Å². The van der Waals surface area contributed by atoms with E-state index in [1.54, 1.807) is 0 Å². The molecule has 0 spiro atoms. The highest BCUT2D eigenvalue weighted by atomic mass is 35.5. The number of amides is 1. The standard InChI is InChI=1S/C20H23ClN2O5/c1-11(28-19(25)15-2-3-16(21)17(7-15)23(26)27)18(24)22-20-8-12-4-13(9-20)6-14(5-12)10-20/h2-3,7,11-14H,4-6,8-10H2,1H3,(H,22,24)/t11-,12?,13?,14?,20?/m1/s1. The first-order chi connectivity index (χ1) is 13.2. The number of carbonyl (C=O) groups excluding carboxylic acids is 2. The number of nitrogens with zero attached hydrogens (tertiary/aromatic N) is 1. The first kappa shape index (κ1) is 19.2. The van der Waals surface area contributed by atoms with Gasteiger partial charge in [0.05, 0.1) is 10.5 Å². The van der Waals surface area contributed by atoms with Crippen molar-refractivity contribution >= 4 is 29.2 Å². The van der Waals surface area contributed by atoms with Gasteiger partial charge in [0.2, 0.25) is 0 Å². The van der Waals surface area contributed by atoms with Crippen molar-refractivity contribution < 1.29 is 19.2 Å². The van der Waals surface area contributed by atoms with Crippen molar-refractivity contribution in [1.82, 2.24) is 5.32 Å². The lowest BCUT2D eigenvalue weighted by Crippen LogP contribution is -2.61. The number of halogens is 1. The number of esters is 1. The van der Waals surface area contributed by atoms with Crippen molar-refractivity contribution in [2.75, 3.05) is 0 Å². The maximum atomic E-state index is 12.7. The Balaban J connectivity index is 1.40. The van der Waals surface area contributed by atoms with Crippen molar-refractivity contribution in [2.24, 2.45) is 17.8 Å². The van der Waals surface area contributed by atoms with Gasteiger partial charge in [0.25, 0.3) is 11.6 Å². The maximum absolute atomic E-state index is 12.7. The van der Waals surface area contributed by atoms with E-state index in [4.69, 9.17) is 16.3 Å². The van der Waals surface area contributed by atoms with E-state index in [0.29, 0.717) is 17.8 Å².